The van der Waals surface area contributed by atoms with E-state index in [0.29, 0.717) is 24.6 Å². The summed E-state index contributed by atoms with van der Waals surface area (Å²) >= 11 is 0. The van der Waals surface area contributed by atoms with E-state index in [1.807, 2.05) is 0 Å². The van der Waals surface area contributed by atoms with Gasteiger partial charge < -0.3 is 19.7 Å². The first-order chi connectivity index (χ1) is 7.81. The smallest absolute Gasteiger partial charge is 0.273 e. The maximum absolute atomic E-state index is 11.7. The maximum atomic E-state index is 11.7. The number of aromatic nitrogens is 1. The van der Waals surface area contributed by atoms with Gasteiger partial charge in [0.1, 0.15) is 6.26 Å². The van der Waals surface area contributed by atoms with Gasteiger partial charge in [-0.1, -0.05) is 5.16 Å². The Morgan fingerprint density at radius 1 is 1.69 bits per heavy atom. The van der Waals surface area contributed by atoms with E-state index in [4.69, 9.17) is 9.84 Å². The fraction of sp³-hybridized carbons (Fsp3) is 0.600. The predicted molar refractivity (Wildman–Crippen MR) is 53.7 cm³/mol. The molecular weight excluding hydrogens is 212 g/mol. The lowest BCUT2D eigenvalue weighted by molar-refractivity contribution is 0.0933. The molecule has 6 nitrogen and oxygen atoms in total. The number of aliphatic hydroxyl groups is 1. The topological polar surface area (TPSA) is 84.6 Å². The average molecular weight is 226 g/mol. The summed E-state index contributed by atoms with van der Waals surface area (Å²) in [5.74, 6) is 0.0538. The Morgan fingerprint density at radius 3 is 3.25 bits per heavy atom. The third-order valence-electron chi connectivity index (χ3n) is 2.60. The molecule has 2 N–H and O–H groups in total. The summed E-state index contributed by atoms with van der Waals surface area (Å²) in [5, 5.41) is 15.2. The number of nitrogens with zero attached hydrogens (tertiary/aromatic N) is 1. The first-order valence-electron chi connectivity index (χ1n) is 5.21. The maximum Gasteiger partial charge on any atom is 0.273 e. The molecule has 16 heavy (non-hydrogen) atoms. The SMILES string of the molecule is O=C(NCC1CCOC1)c1nocc1CO. The van der Waals surface area contributed by atoms with Gasteiger partial charge in [0.15, 0.2) is 5.69 Å². The van der Waals surface area contributed by atoms with E-state index in [1.165, 1.54) is 6.26 Å². The van der Waals surface area contributed by atoms with E-state index in [1.54, 1.807) is 0 Å². The zero-order valence-corrected chi connectivity index (χ0v) is 8.81. The summed E-state index contributed by atoms with van der Waals surface area (Å²) in [5.41, 5.74) is 0.557. The van der Waals surface area contributed by atoms with E-state index in [-0.39, 0.29) is 18.2 Å². The van der Waals surface area contributed by atoms with Crippen molar-refractivity contribution in [3.8, 4) is 0 Å². The molecule has 0 aromatic carbocycles. The highest BCUT2D eigenvalue weighted by molar-refractivity contribution is 5.93. The fourth-order valence-corrected chi connectivity index (χ4v) is 1.62. The molecule has 2 rings (SSSR count). The highest BCUT2D eigenvalue weighted by Gasteiger charge is 2.19. The minimum absolute atomic E-state index is 0.154. The summed E-state index contributed by atoms with van der Waals surface area (Å²) in [4.78, 5) is 11.7. The van der Waals surface area contributed by atoms with Crippen LogP contribution in [0.3, 0.4) is 0 Å². The van der Waals surface area contributed by atoms with Crippen molar-refractivity contribution in [3.63, 3.8) is 0 Å². The number of hydrogen-bond donors (Lipinski definition) is 2. The fourth-order valence-electron chi connectivity index (χ4n) is 1.62. The minimum Gasteiger partial charge on any atom is -0.391 e. The van der Waals surface area contributed by atoms with Crippen molar-refractivity contribution >= 4 is 5.91 Å². The highest BCUT2D eigenvalue weighted by Crippen LogP contribution is 2.11. The average Bonchev–Trinajstić information content (AvgIpc) is 2.96. The summed E-state index contributed by atoms with van der Waals surface area (Å²) in [7, 11) is 0. The lowest BCUT2D eigenvalue weighted by Gasteiger charge is -2.08. The quantitative estimate of drug-likeness (QED) is 0.751. The molecule has 2 heterocycles. The number of amides is 1. The van der Waals surface area contributed by atoms with Crippen molar-refractivity contribution in [2.45, 2.75) is 13.0 Å². The van der Waals surface area contributed by atoms with Crippen LogP contribution in [0.25, 0.3) is 0 Å². The van der Waals surface area contributed by atoms with Crippen molar-refractivity contribution < 1.29 is 19.2 Å². The van der Waals surface area contributed by atoms with E-state index in [9.17, 15) is 4.79 Å². The van der Waals surface area contributed by atoms with Gasteiger partial charge in [-0.05, 0) is 6.42 Å². The Hall–Kier alpha value is -1.40. The van der Waals surface area contributed by atoms with Crippen molar-refractivity contribution in [2.75, 3.05) is 19.8 Å². The first kappa shape index (κ1) is 11.1. The van der Waals surface area contributed by atoms with Gasteiger partial charge in [-0.2, -0.15) is 0 Å². The van der Waals surface area contributed by atoms with Crippen LogP contribution in [0.1, 0.15) is 22.5 Å². The molecule has 1 fully saturated rings. The third-order valence-corrected chi connectivity index (χ3v) is 2.60. The van der Waals surface area contributed by atoms with E-state index < -0.39 is 0 Å². The van der Waals surface area contributed by atoms with Crippen molar-refractivity contribution in [1.82, 2.24) is 10.5 Å². The molecule has 1 unspecified atom stereocenters. The molecule has 0 spiro atoms. The van der Waals surface area contributed by atoms with E-state index >= 15 is 0 Å². The number of aliphatic hydroxyl groups excluding tert-OH is 1. The second kappa shape index (κ2) is 5.09. The lowest BCUT2D eigenvalue weighted by Crippen LogP contribution is -2.30. The molecule has 0 radical (unpaired) electrons. The van der Waals surface area contributed by atoms with Gasteiger partial charge in [-0.25, -0.2) is 0 Å². The van der Waals surface area contributed by atoms with Gasteiger partial charge in [0.25, 0.3) is 5.91 Å². The monoisotopic (exact) mass is 226 g/mol. The van der Waals surface area contributed by atoms with Gasteiger partial charge in [0.2, 0.25) is 0 Å². The Morgan fingerprint density at radius 2 is 2.56 bits per heavy atom. The van der Waals surface area contributed by atoms with Crippen LogP contribution in [0.2, 0.25) is 0 Å². The van der Waals surface area contributed by atoms with Crippen LogP contribution in [-0.4, -0.2) is 35.9 Å². The molecule has 0 bridgehead atoms. The zero-order valence-electron chi connectivity index (χ0n) is 8.81. The minimum atomic E-state index is -0.315. The molecule has 1 aromatic heterocycles. The molecular formula is C10H14N2O4. The van der Waals surface area contributed by atoms with Gasteiger partial charge in [-0.3, -0.25) is 4.79 Å². The predicted octanol–water partition coefficient (Wildman–Crippen LogP) is -0.0668. The molecule has 6 heteroatoms. The number of nitrogens with one attached hydrogen (secondary N) is 1. The molecule has 1 aliphatic rings. The highest BCUT2D eigenvalue weighted by atomic mass is 16.5. The standard InChI is InChI=1S/C10H14N2O4/c13-4-8-6-16-12-9(8)10(14)11-3-7-1-2-15-5-7/h6-7,13H,1-5H2,(H,11,14). The van der Waals surface area contributed by atoms with Crippen molar-refractivity contribution in [1.29, 1.82) is 0 Å². The van der Waals surface area contributed by atoms with Crippen LogP contribution in [0.5, 0.6) is 0 Å². The first-order valence-corrected chi connectivity index (χ1v) is 5.21. The Bertz CT molecular complexity index is 357. The number of hydrogen-bond acceptors (Lipinski definition) is 5. The molecule has 0 aliphatic carbocycles. The second-order valence-corrected chi connectivity index (χ2v) is 3.79. The number of carbonyl (C=O) groups is 1. The van der Waals surface area contributed by atoms with Crippen molar-refractivity contribution in [3.05, 3.63) is 17.5 Å². The number of rotatable bonds is 4. The number of ether oxygens (including phenoxy) is 1. The largest absolute Gasteiger partial charge is 0.391 e. The molecule has 1 aromatic rings. The Labute approximate surface area is 92.6 Å². The lowest BCUT2D eigenvalue weighted by atomic mass is 10.1. The van der Waals surface area contributed by atoms with Crippen molar-refractivity contribution in [2.24, 2.45) is 5.92 Å². The molecule has 88 valence electrons. The molecule has 0 saturated carbocycles. The summed E-state index contributed by atoms with van der Waals surface area (Å²) in [6.45, 7) is 1.76. The second-order valence-electron chi connectivity index (χ2n) is 3.79. The van der Waals surface area contributed by atoms with Gasteiger partial charge in [0, 0.05) is 19.1 Å². The van der Waals surface area contributed by atoms with Gasteiger partial charge in [-0.15, -0.1) is 0 Å². The summed E-state index contributed by atoms with van der Waals surface area (Å²) in [6, 6.07) is 0. The Kier molecular flexibility index (Phi) is 3.53. The van der Waals surface area contributed by atoms with Crippen LogP contribution in [0.15, 0.2) is 10.8 Å². The van der Waals surface area contributed by atoms with Gasteiger partial charge in [0.05, 0.1) is 18.8 Å². The van der Waals surface area contributed by atoms with Crippen LogP contribution in [0.4, 0.5) is 0 Å². The van der Waals surface area contributed by atoms with Crippen LogP contribution >= 0.6 is 0 Å². The van der Waals surface area contributed by atoms with E-state index in [0.717, 1.165) is 13.0 Å². The van der Waals surface area contributed by atoms with Crippen LogP contribution in [-0.2, 0) is 11.3 Å². The van der Waals surface area contributed by atoms with E-state index in [2.05, 4.69) is 15.0 Å². The summed E-state index contributed by atoms with van der Waals surface area (Å²) < 4.78 is 9.83. The van der Waals surface area contributed by atoms with Gasteiger partial charge >= 0.3 is 0 Å². The molecule has 1 aliphatic heterocycles. The molecule has 1 amide bonds. The van der Waals surface area contributed by atoms with Crippen LogP contribution in [0, 0.1) is 5.92 Å². The number of carbonyl (C=O) groups excluding carboxylic acids is 1. The third kappa shape index (κ3) is 2.40. The molecule has 1 saturated heterocycles. The molecule has 1 atom stereocenters. The summed E-state index contributed by atoms with van der Waals surface area (Å²) in [6.07, 6.45) is 2.24. The van der Waals surface area contributed by atoms with Crippen LogP contribution < -0.4 is 5.32 Å². The zero-order chi connectivity index (χ0) is 11.4. The Balaban J connectivity index is 1.87. The normalized spacial score (nSPS) is 19.9.